The first kappa shape index (κ1) is 9.34. The molecule has 1 aromatic carbocycles. The predicted molar refractivity (Wildman–Crippen MR) is 60.3 cm³/mol. The average molecular weight is 204 g/mol. The Hall–Kier alpha value is -1.22. The molecule has 0 radical (unpaired) electrons. The number of aromatic nitrogens is 2. The van der Waals surface area contributed by atoms with Crippen LogP contribution < -0.4 is 0 Å². The molecule has 2 rings (SSSR count). The Balaban J connectivity index is 2.60. The lowest BCUT2D eigenvalue weighted by Crippen LogP contribution is -1.96. The molecule has 0 N–H and O–H groups in total. The van der Waals surface area contributed by atoms with Gasteiger partial charge in [0.1, 0.15) is 5.82 Å². The van der Waals surface area contributed by atoms with Gasteiger partial charge in [-0.3, -0.25) is 0 Å². The SMILES string of the molecule is Cc1cn(-c2ccccc2S)c(C)n1. The fourth-order valence-electron chi connectivity index (χ4n) is 1.53. The van der Waals surface area contributed by atoms with E-state index >= 15 is 0 Å². The maximum atomic E-state index is 4.42. The molecule has 14 heavy (non-hydrogen) atoms. The maximum absolute atomic E-state index is 4.42. The highest BCUT2D eigenvalue weighted by molar-refractivity contribution is 7.80. The van der Waals surface area contributed by atoms with Crippen molar-refractivity contribution in [3.63, 3.8) is 0 Å². The van der Waals surface area contributed by atoms with Gasteiger partial charge in [0.2, 0.25) is 0 Å². The Bertz CT molecular complexity index is 460. The molecule has 2 nitrogen and oxygen atoms in total. The third-order valence-electron chi connectivity index (χ3n) is 2.14. The van der Waals surface area contributed by atoms with Crippen LogP contribution in [0.1, 0.15) is 11.5 Å². The fourth-order valence-corrected chi connectivity index (χ4v) is 1.80. The van der Waals surface area contributed by atoms with Crippen LogP contribution >= 0.6 is 12.6 Å². The fraction of sp³-hybridized carbons (Fsp3) is 0.182. The van der Waals surface area contributed by atoms with Crippen molar-refractivity contribution in [1.82, 2.24) is 9.55 Å². The number of para-hydroxylation sites is 1. The first-order valence-corrected chi connectivity index (χ1v) is 4.94. The molecule has 0 amide bonds. The summed E-state index contributed by atoms with van der Waals surface area (Å²) in [5, 5.41) is 0. The number of imidazole rings is 1. The summed E-state index contributed by atoms with van der Waals surface area (Å²) in [5.74, 6) is 0.990. The van der Waals surface area contributed by atoms with Gasteiger partial charge in [-0.1, -0.05) is 12.1 Å². The summed E-state index contributed by atoms with van der Waals surface area (Å²) in [6.45, 7) is 3.98. The summed E-state index contributed by atoms with van der Waals surface area (Å²) in [5.41, 5.74) is 2.10. The minimum atomic E-state index is 0.966. The van der Waals surface area contributed by atoms with E-state index in [4.69, 9.17) is 0 Å². The van der Waals surface area contributed by atoms with Crippen LogP contribution in [0.5, 0.6) is 0 Å². The third-order valence-corrected chi connectivity index (χ3v) is 2.52. The van der Waals surface area contributed by atoms with Gasteiger partial charge in [-0.25, -0.2) is 4.98 Å². The van der Waals surface area contributed by atoms with Crippen LogP contribution in [0.3, 0.4) is 0 Å². The number of hydrogen-bond acceptors (Lipinski definition) is 2. The lowest BCUT2D eigenvalue weighted by atomic mass is 10.3. The molecule has 0 unspecified atom stereocenters. The lowest BCUT2D eigenvalue weighted by Gasteiger charge is -2.06. The molecule has 1 heterocycles. The maximum Gasteiger partial charge on any atom is 0.110 e. The van der Waals surface area contributed by atoms with Gasteiger partial charge in [-0.15, -0.1) is 12.6 Å². The van der Waals surface area contributed by atoms with Gasteiger partial charge in [0.25, 0.3) is 0 Å². The van der Waals surface area contributed by atoms with Crippen LogP contribution in [0, 0.1) is 13.8 Å². The van der Waals surface area contributed by atoms with Gasteiger partial charge in [-0.2, -0.15) is 0 Å². The zero-order valence-electron chi connectivity index (χ0n) is 8.23. The van der Waals surface area contributed by atoms with Crippen molar-refractivity contribution >= 4 is 12.6 Å². The van der Waals surface area contributed by atoms with Gasteiger partial charge in [-0.05, 0) is 26.0 Å². The van der Waals surface area contributed by atoms with E-state index in [9.17, 15) is 0 Å². The smallest absolute Gasteiger partial charge is 0.110 e. The molecule has 0 saturated carbocycles. The Morgan fingerprint density at radius 3 is 2.50 bits per heavy atom. The molecule has 0 aliphatic carbocycles. The molecule has 1 aromatic heterocycles. The average Bonchev–Trinajstić information content (AvgIpc) is 2.46. The number of nitrogens with zero attached hydrogens (tertiary/aromatic N) is 2. The van der Waals surface area contributed by atoms with Gasteiger partial charge >= 0.3 is 0 Å². The van der Waals surface area contributed by atoms with Crippen molar-refractivity contribution in [3.8, 4) is 5.69 Å². The van der Waals surface area contributed by atoms with E-state index in [0.29, 0.717) is 0 Å². The monoisotopic (exact) mass is 204 g/mol. The molecule has 0 bridgehead atoms. The molecule has 3 heteroatoms. The Morgan fingerprint density at radius 1 is 1.21 bits per heavy atom. The first-order chi connectivity index (χ1) is 6.68. The molecule has 0 aliphatic heterocycles. The number of thiol groups is 1. The van der Waals surface area contributed by atoms with Gasteiger partial charge in [0.05, 0.1) is 11.4 Å². The molecule has 0 saturated heterocycles. The molecule has 72 valence electrons. The van der Waals surface area contributed by atoms with Gasteiger partial charge in [0, 0.05) is 11.1 Å². The van der Waals surface area contributed by atoms with E-state index in [1.807, 2.05) is 44.3 Å². The van der Waals surface area contributed by atoms with E-state index in [-0.39, 0.29) is 0 Å². The minimum absolute atomic E-state index is 0.966. The van der Waals surface area contributed by atoms with Gasteiger partial charge in [0.15, 0.2) is 0 Å². The molecular weight excluding hydrogens is 192 g/mol. The number of benzene rings is 1. The Kier molecular flexibility index (Phi) is 2.33. The highest BCUT2D eigenvalue weighted by Gasteiger charge is 2.04. The normalized spacial score (nSPS) is 10.5. The van der Waals surface area contributed by atoms with Crippen LogP contribution in [0.2, 0.25) is 0 Å². The largest absolute Gasteiger partial charge is 0.303 e. The molecule has 0 spiro atoms. The quantitative estimate of drug-likeness (QED) is 0.707. The van der Waals surface area contributed by atoms with Crippen LogP contribution in [0.25, 0.3) is 5.69 Å². The summed E-state index contributed by atoms with van der Waals surface area (Å²) in [6.07, 6.45) is 2.02. The van der Waals surface area contributed by atoms with Crippen molar-refractivity contribution in [2.75, 3.05) is 0 Å². The number of hydrogen-bond donors (Lipinski definition) is 1. The van der Waals surface area contributed by atoms with E-state index in [1.54, 1.807) is 0 Å². The number of rotatable bonds is 1. The number of aryl methyl sites for hydroxylation is 2. The van der Waals surface area contributed by atoms with E-state index in [2.05, 4.69) is 22.2 Å². The van der Waals surface area contributed by atoms with Crippen molar-refractivity contribution < 1.29 is 0 Å². The zero-order chi connectivity index (χ0) is 10.1. The lowest BCUT2D eigenvalue weighted by molar-refractivity contribution is 0.953. The summed E-state index contributed by atoms with van der Waals surface area (Å²) in [4.78, 5) is 5.32. The van der Waals surface area contributed by atoms with Gasteiger partial charge < -0.3 is 4.57 Å². The predicted octanol–water partition coefficient (Wildman–Crippen LogP) is 2.78. The van der Waals surface area contributed by atoms with Crippen LogP contribution in [-0.4, -0.2) is 9.55 Å². The Labute approximate surface area is 89.0 Å². The summed E-state index contributed by atoms with van der Waals surface area (Å²) >= 11 is 4.42. The molecule has 2 aromatic rings. The summed E-state index contributed by atoms with van der Waals surface area (Å²) in [6, 6.07) is 8.00. The molecule has 0 atom stereocenters. The van der Waals surface area contributed by atoms with Crippen LogP contribution in [0.15, 0.2) is 35.4 Å². The van der Waals surface area contributed by atoms with E-state index < -0.39 is 0 Å². The second kappa shape index (κ2) is 3.50. The summed E-state index contributed by atoms with van der Waals surface area (Å²) < 4.78 is 2.05. The van der Waals surface area contributed by atoms with E-state index in [0.717, 1.165) is 22.1 Å². The second-order valence-corrected chi connectivity index (χ2v) is 3.77. The third kappa shape index (κ3) is 1.55. The van der Waals surface area contributed by atoms with Crippen LogP contribution in [0.4, 0.5) is 0 Å². The highest BCUT2D eigenvalue weighted by Crippen LogP contribution is 2.19. The van der Waals surface area contributed by atoms with E-state index in [1.165, 1.54) is 0 Å². The van der Waals surface area contributed by atoms with Crippen molar-refractivity contribution in [3.05, 3.63) is 42.0 Å². The standard InChI is InChI=1S/C11H12N2S/c1-8-7-13(9(2)12-8)10-5-3-4-6-11(10)14/h3-7,14H,1-2H3. The second-order valence-electron chi connectivity index (χ2n) is 3.29. The highest BCUT2D eigenvalue weighted by atomic mass is 32.1. The Morgan fingerprint density at radius 2 is 1.93 bits per heavy atom. The van der Waals surface area contributed by atoms with Crippen molar-refractivity contribution in [2.24, 2.45) is 0 Å². The minimum Gasteiger partial charge on any atom is -0.303 e. The summed E-state index contributed by atoms with van der Waals surface area (Å²) in [7, 11) is 0. The first-order valence-electron chi connectivity index (χ1n) is 4.49. The molecule has 0 aliphatic rings. The van der Waals surface area contributed by atoms with Crippen molar-refractivity contribution in [2.45, 2.75) is 18.7 Å². The zero-order valence-corrected chi connectivity index (χ0v) is 9.12. The molecule has 0 fully saturated rings. The van der Waals surface area contributed by atoms with Crippen molar-refractivity contribution in [1.29, 1.82) is 0 Å². The molecular formula is C11H12N2S. The van der Waals surface area contributed by atoms with Crippen LogP contribution in [-0.2, 0) is 0 Å². The topological polar surface area (TPSA) is 17.8 Å².